The minimum absolute atomic E-state index is 0.189. The zero-order valence-electron chi connectivity index (χ0n) is 23.6. The molecule has 7 nitrogen and oxygen atoms in total. The van der Waals surface area contributed by atoms with Gasteiger partial charge in [-0.3, -0.25) is 4.21 Å². The van der Waals surface area contributed by atoms with Crippen LogP contribution in [0.4, 0.5) is 13.2 Å². The van der Waals surface area contributed by atoms with Gasteiger partial charge in [-0.15, -0.1) is 0 Å². The molecule has 0 bridgehead atoms. The van der Waals surface area contributed by atoms with Gasteiger partial charge in [0.15, 0.2) is 11.2 Å². The molecule has 0 saturated heterocycles. The van der Waals surface area contributed by atoms with Gasteiger partial charge < -0.3 is 9.29 Å². The lowest BCUT2D eigenvalue weighted by atomic mass is 9.95. The van der Waals surface area contributed by atoms with Crippen LogP contribution in [0.1, 0.15) is 36.6 Å². The first kappa shape index (κ1) is 30.3. The van der Waals surface area contributed by atoms with E-state index >= 15 is 4.39 Å². The van der Waals surface area contributed by atoms with Gasteiger partial charge in [0.2, 0.25) is 0 Å². The van der Waals surface area contributed by atoms with Gasteiger partial charge in [-0.25, -0.2) is 27.6 Å². The topological polar surface area (TPSA) is 96.6 Å². The third-order valence-electron chi connectivity index (χ3n) is 7.58. The number of nitrogens with zero attached hydrogens (tertiary/aromatic N) is 3. The van der Waals surface area contributed by atoms with Crippen molar-refractivity contribution in [1.82, 2.24) is 9.78 Å². The summed E-state index contributed by atoms with van der Waals surface area (Å²) in [5, 5.41) is 5.47. The number of thioether (sulfide) groups is 1. The number of halogens is 3. The normalized spacial score (nSPS) is 17.0. The number of aliphatic imine (C=N–C) groups is 1. The molecule has 1 aromatic heterocycles. The summed E-state index contributed by atoms with van der Waals surface area (Å²) in [6.45, 7) is 1.97. The fraction of sp³-hybridized carbons (Fsp3) is 0.281. The maximum absolute atomic E-state index is 15.1. The zero-order valence-corrected chi connectivity index (χ0v) is 25.2. The number of rotatable bonds is 9. The first-order chi connectivity index (χ1) is 21.2. The van der Waals surface area contributed by atoms with E-state index < -0.39 is 45.4 Å². The average Bonchev–Trinajstić information content (AvgIpc) is 3.56. The monoisotopic (exact) mass is 638 g/mol. The summed E-state index contributed by atoms with van der Waals surface area (Å²) in [6.07, 6.45) is 2.91. The van der Waals surface area contributed by atoms with E-state index in [4.69, 9.17) is 9.84 Å². The van der Waals surface area contributed by atoms with Crippen LogP contribution >= 0.6 is 11.8 Å². The van der Waals surface area contributed by atoms with Gasteiger partial charge >= 0.3 is 5.97 Å². The Hall–Kier alpha value is -3.74. The maximum atomic E-state index is 15.1. The van der Waals surface area contributed by atoms with Crippen molar-refractivity contribution in [1.29, 1.82) is 0 Å². The second-order valence-corrected chi connectivity index (χ2v) is 12.6. The Bertz CT molecular complexity index is 1810. The molecule has 1 saturated carbocycles. The fourth-order valence-corrected chi connectivity index (χ4v) is 6.64. The standard InChI is InChI=1S/C32H28F3N3O4S2/c1-2-42-31(39)27-17-43-32(36-27)38-28(14-18-6-7-18)24(12-19-8-11-29(44(40)41)26(35)13-19)30(37-38)21-9-10-25(34)23(16-21)20-4-3-5-22(33)15-20/h3-5,8-11,13,15-16,18,27H,2,6-7,12,14,17H2,1H3,(H,40,41)/p-1. The second-order valence-electron chi connectivity index (χ2n) is 10.7. The molecule has 6 rings (SSSR count). The Labute approximate surface area is 258 Å². The first-order valence-corrected chi connectivity index (χ1v) is 16.2. The third kappa shape index (κ3) is 6.38. The summed E-state index contributed by atoms with van der Waals surface area (Å²) in [7, 11) is 0. The molecule has 0 amide bonds. The van der Waals surface area contributed by atoms with Gasteiger partial charge in [-0.2, -0.15) is 5.10 Å². The molecular weight excluding hydrogens is 611 g/mol. The van der Waals surface area contributed by atoms with Crippen LogP contribution in [0.2, 0.25) is 0 Å². The maximum Gasteiger partial charge on any atom is 0.331 e. The highest BCUT2D eigenvalue weighted by atomic mass is 32.2. The van der Waals surface area contributed by atoms with Gasteiger partial charge in [0.1, 0.15) is 17.5 Å². The number of esters is 1. The zero-order chi connectivity index (χ0) is 31.0. The predicted molar refractivity (Wildman–Crippen MR) is 162 cm³/mol. The molecule has 2 aliphatic rings. The largest absolute Gasteiger partial charge is 0.768 e. The smallest absolute Gasteiger partial charge is 0.331 e. The molecule has 1 aliphatic heterocycles. The molecular formula is C32H27F3N3O4S2-. The first-order valence-electron chi connectivity index (χ1n) is 14.1. The van der Waals surface area contributed by atoms with Crippen LogP contribution in [0.25, 0.3) is 22.4 Å². The number of benzene rings is 3. The molecule has 3 aromatic carbocycles. The molecule has 12 heteroatoms. The van der Waals surface area contributed by atoms with E-state index in [0.29, 0.717) is 45.6 Å². The molecule has 2 heterocycles. The molecule has 228 valence electrons. The molecule has 44 heavy (non-hydrogen) atoms. The Kier molecular flexibility index (Phi) is 8.75. The van der Waals surface area contributed by atoms with E-state index in [2.05, 4.69) is 4.99 Å². The van der Waals surface area contributed by atoms with Crippen LogP contribution in [0, 0.1) is 23.4 Å². The van der Waals surface area contributed by atoms with E-state index in [1.54, 1.807) is 35.9 Å². The highest BCUT2D eigenvalue weighted by molar-refractivity contribution is 8.14. The van der Waals surface area contributed by atoms with Crippen LogP contribution in [-0.4, -0.2) is 48.1 Å². The Balaban J connectivity index is 1.51. The number of ether oxygens (including phenoxy) is 1. The molecule has 0 N–H and O–H groups in total. The Morgan fingerprint density at radius 1 is 1.07 bits per heavy atom. The van der Waals surface area contributed by atoms with Crippen LogP contribution in [0.15, 0.2) is 70.6 Å². The summed E-state index contributed by atoms with van der Waals surface area (Å²) >= 11 is -1.35. The van der Waals surface area contributed by atoms with Crippen molar-refractivity contribution in [3.8, 4) is 22.4 Å². The van der Waals surface area contributed by atoms with Gasteiger partial charge in [0, 0.05) is 28.9 Å². The average molecular weight is 639 g/mol. The second kappa shape index (κ2) is 12.7. The molecule has 2 unspecified atom stereocenters. The van der Waals surface area contributed by atoms with E-state index in [1.807, 2.05) is 0 Å². The lowest BCUT2D eigenvalue weighted by Gasteiger charge is -2.12. The summed E-state index contributed by atoms with van der Waals surface area (Å²) in [5.41, 5.74) is 3.69. The summed E-state index contributed by atoms with van der Waals surface area (Å²) in [4.78, 5) is 16.7. The molecule has 0 radical (unpaired) electrons. The summed E-state index contributed by atoms with van der Waals surface area (Å²) in [5.74, 6) is -1.52. The van der Waals surface area contributed by atoms with Crippen molar-refractivity contribution >= 4 is 34.0 Å². The van der Waals surface area contributed by atoms with Crippen LogP contribution in [0.3, 0.4) is 0 Å². The lowest BCUT2D eigenvalue weighted by Crippen LogP contribution is -2.21. The van der Waals surface area contributed by atoms with Crippen molar-refractivity contribution in [2.24, 2.45) is 10.9 Å². The van der Waals surface area contributed by atoms with Gasteiger partial charge in [-0.1, -0.05) is 30.0 Å². The summed E-state index contributed by atoms with van der Waals surface area (Å²) < 4.78 is 73.6. The molecule has 1 aliphatic carbocycles. The van der Waals surface area contributed by atoms with Gasteiger partial charge in [-0.05, 0) is 96.8 Å². The Morgan fingerprint density at radius 3 is 2.59 bits per heavy atom. The van der Waals surface area contributed by atoms with E-state index in [0.717, 1.165) is 24.1 Å². The van der Waals surface area contributed by atoms with Crippen molar-refractivity contribution in [3.05, 3.63) is 94.9 Å². The minimum atomic E-state index is -2.72. The van der Waals surface area contributed by atoms with Crippen molar-refractivity contribution in [3.63, 3.8) is 0 Å². The highest BCUT2D eigenvalue weighted by Gasteiger charge is 2.33. The predicted octanol–water partition coefficient (Wildman–Crippen LogP) is 6.30. The van der Waals surface area contributed by atoms with Crippen LogP contribution in [-0.2, 0) is 33.5 Å². The number of aromatic nitrogens is 2. The molecule has 1 fully saturated rings. The van der Waals surface area contributed by atoms with Crippen molar-refractivity contribution in [2.75, 3.05) is 12.4 Å². The van der Waals surface area contributed by atoms with Crippen molar-refractivity contribution in [2.45, 2.75) is 43.5 Å². The van der Waals surface area contributed by atoms with Gasteiger partial charge in [0.25, 0.3) is 0 Å². The van der Waals surface area contributed by atoms with E-state index in [-0.39, 0.29) is 18.6 Å². The summed E-state index contributed by atoms with van der Waals surface area (Å²) in [6, 6.07) is 13.4. The third-order valence-corrected chi connectivity index (χ3v) is 9.29. The number of carbonyl (C=O) groups is 1. The quantitative estimate of drug-likeness (QED) is 0.158. The number of hydrogen-bond acceptors (Lipinski definition) is 7. The molecule has 4 aromatic rings. The van der Waals surface area contributed by atoms with E-state index in [9.17, 15) is 22.3 Å². The van der Waals surface area contributed by atoms with Crippen molar-refractivity contribution < 1.29 is 31.5 Å². The van der Waals surface area contributed by atoms with E-state index in [1.165, 1.54) is 48.2 Å². The highest BCUT2D eigenvalue weighted by Crippen LogP contribution is 2.39. The number of carbonyl (C=O) groups excluding carboxylic acids is 1. The minimum Gasteiger partial charge on any atom is -0.768 e. The molecule has 0 spiro atoms. The van der Waals surface area contributed by atoms with Gasteiger partial charge in [0.05, 0.1) is 22.9 Å². The molecule has 2 atom stereocenters. The fourth-order valence-electron chi connectivity index (χ4n) is 5.25. The van der Waals surface area contributed by atoms with Crippen LogP contribution < -0.4 is 0 Å². The Morgan fingerprint density at radius 2 is 1.89 bits per heavy atom. The lowest BCUT2D eigenvalue weighted by molar-refractivity contribution is -0.143. The van der Waals surface area contributed by atoms with Crippen LogP contribution in [0.5, 0.6) is 0 Å². The number of hydrogen-bond donors (Lipinski definition) is 0. The SMILES string of the molecule is CCOC(=O)C1CSC(n2nc(-c3ccc(F)c(-c4cccc(F)c4)c3)c(Cc3ccc(S(=O)[O-])c(F)c3)c2CC2CC2)=N1.